The lowest BCUT2D eigenvalue weighted by atomic mass is 9.99. The number of rotatable bonds is 78. The first-order chi connectivity index (χ1) is 47.4. The topological polar surface area (TPSA) is 237 Å². The van der Waals surface area contributed by atoms with Crippen molar-refractivity contribution in [1.82, 2.24) is 0 Å². The van der Waals surface area contributed by atoms with E-state index >= 15 is 0 Å². The molecular formula is C79H154O17P2. The van der Waals surface area contributed by atoms with E-state index in [2.05, 4.69) is 41.5 Å². The fourth-order valence-electron chi connectivity index (χ4n) is 12.2. The Bertz CT molecular complexity index is 1890. The second-order valence-electron chi connectivity index (χ2n) is 29.2. The average Bonchev–Trinajstić information content (AvgIpc) is 0.978. The van der Waals surface area contributed by atoms with Gasteiger partial charge in [0, 0.05) is 25.7 Å². The van der Waals surface area contributed by atoms with Crippen molar-refractivity contribution in [2.24, 2.45) is 11.8 Å². The van der Waals surface area contributed by atoms with Crippen LogP contribution in [-0.4, -0.2) is 96.7 Å². The molecule has 0 rings (SSSR count). The molecule has 582 valence electrons. The van der Waals surface area contributed by atoms with Crippen molar-refractivity contribution in [3.8, 4) is 0 Å². The van der Waals surface area contributed by atoms with Gasteiger partial charge in [-0.2, -0.15) is 0 Å². The van der Waals surface area contributed by atoms with Gasteiger partial charge in [0.05, 0.1) is 26.4 Å². The van der Waals surface area contributed by atoms with Crippen molar-refractivity contribution in [2.75, 3.05) is 39.6 Å². The molecule has 0 radical (unpaired) electrons. The first kappa shape index (κ1) is 96.1. The number of carbonyl (C=O) groups is 4. The molecule has 0 bridgehead atoms. The molecule has 0 amide bonds. The van der Waals surface area contributed by atoms with E-state index in [1.54, 1.807) is 0 Å². The van der Waals surface area contributed by atoms with Crippen molar-refractivity contribution >= 4 is 39.5 Å². The van der Waals surface area contributed by atoms with Gasteiger partial charge in [-0.05, 0) is 37.5 Å². The smallest absolute Gasteiger partial charge is 0.462 e. The minimum absolute atomic E-state index is 0.106. The predicted molar refractivity (Wildman–Crippen MR) is 400 cm³/mol. The summed E-state index contributed by atoms with van der Waals surface area (Å²) in [6.07, 6.45) is 59.8. The fraction of sp³-hybridized carbons (Fsp3) is 0.949. The lowest BCUT2D eigenvalue weighted by molar-refractivity contribution is -0.161. The molecule has 0 aliphatic carbocycles. The first-order valence-electron chi connectivity index (χ1n) is 41.0. The van der Waals surface area contributed by atoms with Crippen molar-refractivity contribution in [2.45, 2.75) is 432 Å². The number of ether oxygens (including phenoxy) is 4. The quantitative estimate of drug-likeness (QED) is 0.0222. The van der Waals surface area contributed by atoms with E-state index in [1.165, 1.54) is 218 Å². The summed E-state index contributed by atoms with van der Waals surface area (Å²) >= 11 is 0. The van der Waals surface area contributed by atoms with Gasteiger partial charge in [-0.15, -0.1) is 0 Å². The van der Waals surface area contributed by atoms with Gasteiger partial charge in [0.1, 0.15) is 19.3 Å². The zero-order valence-electron chi connectivity index (χ0n) is 64.1. The van der Waals surface area contributed by atoms with Crippen LogP contribution in [0.15, 0.2) is 0 Å². The maximum absolute atomic E-state index is 13.1. The van der Waals surface area contributed by atoms with E-state index in [0.29, 0.717) is 25.7 Å². The summed E-state index contributed by atoms with van der Waals surface area (Å²) in [7, 11) is -9.91. The molecular weight excluding hydrogens is 1280 g/mol. The summed E-state index contributed by atoms with van der Waals surface area (Å²) in [6.45, 7) is 9.62. The van der Waals surface area contributed by atoms with Crippen LogP contribution in [0.4, 0.5) is 0 Å². The fourth-order valence-corrected chi connectivity index (χ4v) is 13.7. The highest BCUT2D eigenvalue weighted by molar-refractivity contribution is 7.47. The number of phosphoric ester groups is 2. The van der Waals surface area contributed by atoms with E-state index in [-0.39, 0.29) is 25.7 Å². The molecule has 0 fully saturated rings. The number of aliphatic hydroxyl groups excluding tert-OH is 1. The number of unbranched alkanes of at least 4 members (excludes halogenated alkanes) is 47. The van der Waals surface area contributed by atoms with E-state index in [9.17, 15) is 43.2 Å². The van der Waals surface area contributed by atoms with Crippen LogP contribution in [0.5, 0.6) is 0 Å². The number of hydrogen-bond acceptors (Lipinski definition) is 15. The molecule has 0 saturated heterocycles. The van der Waals surface area contributed by atoms with Crippen LogP contribution < -0.4 is 0 Å². The Hall–Kier alpha value is -1.94. The highest BCUT2D eigenvalue weighted by Crippen LogP contribution is 2.45. The van der Waals surface area contributed by atoms with Crippen molar-refractivity contribution < 1.29 is 80.2 Å². The molecule has 0 aromatic rings. The molecule has 0 aliphatic rings. The minimum atomic E-state index is -4.96. The van der Waals surface area contributed by atoms with Crippen LogP contribution >= 0.6 is 15.6 Å². The van der Waals surface area contributed by atoms with Crippen LogP contribution in [0.3, 0.4) is 0 Å². The Balaban J connectivity index is 5.18. The number of aliphatic hydroxyl groups is 1. The van der Waals surface area contributed by atoms with Crippen molar-refractivity contribution in [1.29, 1.82) is 0 Å². The Morgan fingerprint density at radius 2 is 0.520 bits per heavy atom. The summed E-state index contributed by atoms with van der Waals surface area (Å²) < 4.78 is 68.5. The Kier molecular flexibility index (Phi) is 69.3. The molecule has 98 heavy (non-hydrogen) atoms. The van der Waals surface area contributed by atoms with Crippen molar-refractivity contribution in [3.05, 3.63) is 0 Å². The van der Waals surface area contributed by atoms with E-state index in [1.807, 2.05) is 0 Å². The van der Waals surface area contributed by atoms with E-state index in [4.69, 9.17) is 37.0 Å². The van der Waals surface area contributed by atoms with Crippen LogP contribution in [0, 0.1) is 11.8 Å². The van der Waals surface area contributed by atoms with Gasteiger partial charge in [0.2, 0.25) is 0 Å². The number of carbonyl (C=O) groups excluding carboxylic acids is 4. The summed E-state index contributed by atoms with van der Waals surface area (Å²) in [5, 5.41) is 10.6. The zero-order chi connectivity index (χ0) is 72.1. The van der Waals surface area contributed by atoms with Gasteiger partial charge in [0.15, 0.2) is 12.2 Å². The molecule has 3 N–H and O–H groups in total. The lowest BCUT2D eigenvalue weighted by Gasteiger charge is -2.21. The maximum atomic E-state index is 13.1. The molecule has 0 aliphatic heterocycles. The molecule has 3 unspecified atom stereocenters. The molecule has 0 heterocycles. The van der Waals surface area contributed by atoms with E-state index in [0.717, 1.165) is 115 Å². The molecule has 0 saturated carbocycles. The largest absolute Gasteiger partial charge is 0.472 e. The summed E-state index contributed by atoms with van der Waals surface area (Å²) in [4.78, 5) is 72.8. The molecule has 0 aromatic carbocycles. The van der Waals surface area contributed by atoms with Crippen LogP contribution in [0.2, 0.25) is 0 Å². The van der Waals surface area contributed by atoms with Gasteiger partial charge in [-0.1, -0.05) is 363 Å². The lowest BCUT2D eigenvalue weighted by Crippen LogP contribution is -2.30. The second-order valence-corrected chi connectivity index (χ2v) is 32.1. The third kappa shape index (κ3) is 71.1. The zero-order valence-corrected chi connectivity index (χ0v) is 65.9. The van der Waals surface area contributed by atoms with Gasteiger partial charge < -0.3 is 33.8 Å². The molecule has 6 atom stereocenters. The SMILES string of the molecule is CCCCCCCCCCCCCCCCCCCCCCCC(=O)O[C@H](COC(=O)CCCCCCCCCCCCCCCC(C)C)COP(=O)(O)OC[C@@H](O)COP(=O)(O)OC[C@@H](COC(=O)CCCCCCCCC)OC(=O)CCCCCCCCCCCCC(C)CC. The third-order valence-electron chi connectivity index (χ3n) is 18.8. The first-order valence-corrected chi connectivity index (χ1v) is 44.0. The third-order valence-corrected chi connectivity index (χ3v) is 20.7. The van der Waals surface area contributed by atoms with Crippen LogP contribution in [-0.2, 0) is 65.4 Å². The highest BCUT2D eigenvalue weighted by Gasteiger charge is 2.30. The number of hydrogen-bond donors (Lipinski definition) is 3. The monoisotopic (exact) mass is 1440 g/mol. The predicted octanol–water partition coefficient (Wildman–Crippen LogP) is 23.5. The van der Waals surface area contributed by atoms with Gasteiger partial charge >= 0.3 is 39.5 Å². The van der Waals surface area contributed by atoms with Crippen LogP contribution in [0.1, 0.15) is 414 Å². The normalized spacial score (nSPS) is 14.2. The second kappa shape index (κ2) is 70.7. The van der Waals surface area contributed by atoms with E-state index < -0.39 is 97.5 Å². The molecule has 0 spiro atoms. The Morgan fingerprint density at radius 3 is 0.776 bits per heavy atom. The van der Waals surface area contributed by atoms with Crippen molar-refractivity contribution in [3.63, 3.8) is 0 Å². The minimum Gasteiger partial charge on any atom is -0.462 e. The summed E-state index contributed by atoms with van der Waals surface area (Å²) in [6, 6.07) is 0. The standard InChI is InChI=1S/C79H154O17P2/c1-7-10-12-14-16-17-18-19-20-21-22-23-24-25-26-29-33-39-45-51-57-63-78(83)96-75(68-90-77(82)62-56-50-44-38-32-30-27-28-31-36-42-47-53-59-71(4)5)70-94-98(87,88)92-66-73(80)65-91-97(85,86)93-69-74(67-89-76(81)61-55-49-41-15-13-11-8-2)95-79(84)64-58-52-46-40-35-34-37-43-48-54-60-72(6)9-3/h71-75,80H,7-70H2,1-6H3,(H,85,86)(H,87,88)/t72?,73-,74+,75+/m0/s1. The Labute approximate surface area is 600 Å². The maximum Gasteiger partial charge on any atom is 0.472 e. The van der Waals surface area contributed by atoms with Crippen LogP contribution in [0.25, 0.3) is 0 Å². The molecule has 17 nitrogen and oxygen atoms in total. The molecule has 0 aromatic heterocycles. The van der Waals surface area contributed by atoms with Gasteiger partial charge in [-0.25, -0.2) is 9.13 Å². The molecule has 19 heteroatoms. The van der Waals surface area contributed by atoms with Gasteiger partial charge in [-0.3, -0.25) is 37.3 Å². The van der Waals surface area contributed by atoms with Gasteiger partial charge in [0.25, 0.3) is 0 Å². The summed E-state index contributed by atoms with van der Waals surface area (Å²) in [5.74, 6) is -0.523. The Morgan fingerprint density at radius 1 is 0.296 bits per heavy atom. The average molecular weight is 1440 g/mol. The summed E-state index contributed by atoms with van der Waals surface area (Å²) in [5.41, 5.74) is 0. The number of phosphoric acid groups is 2. The highest BCUT2D eigenvalue weighted by atomic mass is 31.2. The number of esters is 4.